The van der Waals surface area contributed by atoms with Gasteiger partial charge in [-0.25, -0.2) is 9.78 Å². The summed E-state index contributed by atoms with van der Waals surface area (Å²) < 4.78 is 0. The van der Waals surface area contributed by atoms with Crippen LogP contribution in [-0.4, -0.2) is 29.7 Å². The summed E-state index contributed by atoms with van der Waals surface area (Å²) in [6.07, 6.45) is 7.93. The molecular formula is C14H20N2O2. The Balaban J connectivity index is 2.56. The molecule has 4 heteroatoms. The van der Waals surface area contributed by atoms with Gasteiger partial charge in [0.05, 0.1) is 0 Å². The van der Waals surface area contributed by atoms with E-state index in [-0.39, 0.29) is 0 Å². The Morgan fingerprint density at radius 2 is 2.22 bits per heavy atom. The second kappa shape index (κ2) is 7.48. The fourth-order valence-corrected chi connectivity index (χ4v) is 1.60. The summed E-state index contributed by atoms with van der Waals surface area (Å²) in [5.74, 6) is -0.0330. The maximum absolute atomic E-state index is 10.4. The molecule has 1 aromatic rings. The Bertz CT molecular complexity index is 399. The average Bonchev–Trinajstić information content (AvgIpc) is 2.37. The highest BCUT2D eigenvalue weighted by molar-refractivity contribution is 5.85. The quantitative estimate of drug-likeness (QED) is 0.595. The molecule has 0 aliphatic carbocycles. The van der Waals surface area contributed by atoms with Gasteiger partial charge in [0.2, 0.25) is 0 Å². The Morgan fingerprint density at radius 1 is 1.44 bits per heavy atom. The number of aliphatic carboxylic acids is 1. The van der Waals surface area contributed by atoms with Crippen molar-refractivity contribution in [3.63, 3.8) is 0 Å². The van der Waals surface area contributed by atoms with Crippen LogP contribution >= 0.6 is 0 Å². The normalized spacial score (nSPS) is 10.8. The molecule has 0 bridgehead atoms. The van der Waals surface area contributed by atoms with Crippen LogP contribution in [0.3, 0.4) is 0 Å². The number of hydrogen-bond acceptors (Lipinski definition) is 3. The van der Waals surface area contributed by atoms with E-state index in [1.54, 1.807) is 6.20 Å². The van der Waals surface area contributed by atoms with Crippen LogP contribution < -0.4 is 4.90 Å². The zero-order valence-electron chi connectivity index (χ0n) is 11.0. The van der Waals surface area contributed by atoms with Crippen molar-refractivity contribution in [2.24, 2.45) is 0 Å². The molecule has 0 radical (unpaired) electrons. The monoisotopic (exact) mass is 248 g/mol. The van der Waals surface area contributed by atoms with Crippen molar-refractivity contribution in [2.75, 3.05) is 18.5 Å². The molecule has 0 spiro atoms. The van der Waals surface area contributed by atoms with Crippen molar-refractivity contribution in [1.29, 1.82) is 0 Å². The van der Waals surface area contributed by atoms with Gasteiger partial charge in [-0.3, -0.25) is 0 Å². The Morgan fingerprint density at radius 3 is 2.78 bits per heavy atom. The van der Waals surface area contributed by atoms with E-state index in [0.717, 1.165) is 30.4 Å². The van der Waals surface area contributed by atoms with Gasteiger partial charge in [0.25, 0.3) is 0 Å². The van der Waals surface area contributed by atoms with Gasteiger partial charge in [0.1, 0.15) is 5.82 Å². The molecule has 0 unspecified atom stereocenters. The number of carbonyl (C=O) groups is 1. The number of nitrogens with zero attached hydrogens (tertiary/aromatic N) is 2. The molecule has 0 saturated carbocycles. The van der Waals surface area contributed by atoms with Gasteiger partial charge in [0, 0.05) is 25.9 Å². The number of anilines is 1. The third kappa shape index (κ3) is 4.99. The number of hydrogen-bond donors (Lipinski definition) is 1. The number of carboxylic acids is 1. The van der Waals surface area contributed by atoms with Crippen molar-refractivity contribution in [3.05, 3.63) is 30.0 Å². The molecule has 1 aromatic heterocycles. The van der Waals surface area contributed by atoms with Crippen molar-refractivity contribution in [3.8, 4) is 0 Å². The number of rotatable bonds is 7. The molecule has 0 fully saturated rings. The van der Waals surface area contributed by atoms with Gasteiger partial charge in [-0.05, 0) is 30.2 Å². The van der Waals surface area contributed by atoms with Crippen LogP contribution in [0.25, 0.3) is 6.08 Å². The smallest absolute Gasteiger partial charge is 0.328 e. The first-order chi connectivity index (χ1) is 8.63. The van der Waals surface area contributed by atoms with Gasteiger partial charge >= 0.3 is 5.97 Å². The van der Waals surface area contributed by atoms with E-state index >= 15 is 0 Å². The third-order valence-electron chi connectivity index (χ3n) is 2.68. The van der Waals surface area contributed by atoms with Gasteiger partial charge in [-0.1, -0.05) is 19.8 Å². The number of carboxylic acid groups (broad SMARTS) is 1. The van der Waals surface area contributed by atoms with Crippen molar-refractivity contribution < 1.29 is 9.90 Å². The number of pyridine rings is 1. The van der Waals surface area contributed by atoms with Crippen LogP contribution in [0.2, 0.25) is 0 Å². The van der Waals surface area contributed by atoms with Gasteiger partial charge in [0.15, 0.2) is 0 Å². The van der Waals surface area contributed by atoms with E-state index in [0.29, 0.717) is 0 Å². The van der Waals surface area contributed by atoms with Crippen LogP contribution in [0.15, 0.2) is 24.4 Å². The summed E-state index contributed by atoms with van der Waals surface area (Å²) in [7, 11) is 2.02. The molecular weight excluding hydrogens is 228 g/mol. The zero-order valence-corrected chi connectivity index (χ0v) is 11.0. The maximum Gasteiger partial charge on any atom is 0.328 e. The number of aromatic nitrogens is 1. The molecule has 1 N–H and O–H groups in total. The fourth-order valence-electron chi connectivity index (χ4n) is 1.60. The lowest BCUT2D eigenvalue weighted by atomic mass is 10.2. The molecule has 4 nitrogen and oxygen atoms in total. The minimum absolute atomic E-state index is 0.795. The topological polar surface area (TPSA) is 53.4 Å². The largest absolute Gasteiger partial charge is 0.478 e. The van der Waals surface area contributed by atoms with E-state index in [9.17, 15) is 4.79 Å². The third-order valence-corrected chi connectivity index (χ3v) is 2.68. The molecule has 1 rings (SSSR count). The highest BCUT2D eigenvalue weighted by atomic mass is 16.4. The van der Waals surface area contributed by atoms with Gasteiger partial charge < -0.3 is 10.0 Å². The van der Waals surface area contributed by atoms with Crippen LogP contribution in [0.5, 0.6) is 0 Å². The molecule has 0 aliphatic rings. The number of unbranched alkanes of at least 4 members (excludes halogenated alkanes) is 2. The molecule has 0 aromatic carbocycles. The SMILES string of the molecule is CCCCCN(C)c1ccc(/C=C/C(=O)O)cn1. The van der Waals surface area contributed by atoms with E-state index in [2.05, 4.69) is 16.8 Å². The predicted molar refractivity (Wildman–Crippen MR) is 73.7 cm³/mol. The minimum Gasteiger partial charge on any atom is -0.478 e. The van der Waals surface area contributed by atoms with Crippen molar-refractivity contribution in [1.82, 2.24) is 4.98 Å². The summed E-state index contributed by atoms with van der Waals surface area (Å²) in [5.41, 5.74) is 0.795. The lowest BCUT2D eigenvalue weighted by Gasteiger charge is -2.17. The molecule has 0 amide bonds. The first-order valence-corrected chi connectivity index (χ1v) is 6.21. The highest BCUT2D eigenvalue weighted by Gasteiger charge is 2.01. The van der Waals surface area contributed by atoms with Crippen LogP contribution in [0.4, 0.5) is 5.82 Å². The second-order valence-corrected chi connectivity index (χ2v) is 4.25. The summed E-state index contributed by atoms with van der Waals surface area (Å²) in [6.45, 7) is 3.17. The molecule has 1 heterocycles. The first kappa shape index (κ1) is 14.2. The molecule has 98 valence electrons. The Labute approximate surface area is 108 Å². The lowest BCUT2D eigenvalue weighted by Crippen LogP contribution is -2.19. The highest BCUT2D eigenvalue weighted by Crippen LogP contribution is 2.11. The van der Waals surface area contributed by atoms with Crippen LogP contribution in [0.1, 0.15) is 31.7 Å². The Kier molecular flexibility index (Phi) is 5.91. The molecule has 0 atom stereocenters. The average molecular weight is 248 g/mol. The predicted octanol–water partition coefficient (Wildman–Crippen LogP) is 2.81. The Hall–Kier alpha value is -1.84. The maximum atomic E-state index is 10.4. The minimum atomic E-state index is -0.948. The van der Waals surface area contributed by atoms with E-state index < -0.39 is 5.97 Å². The summed E-state index contributed by atoms with van der Waals surface area (Å²) in [4.78, 5) is 16.8. The molecule has 0 saturated heterocycles. The van der Waals surface area contributed by atoms with Crippen LogP contribution in [0, 0.1) is 0 Å². The summed E-state index contributed by atoms with van der Waals surface area (Å²) in [6, 6.07) is 3.78. The van der Waals surface area contributed by atoms with E-state index in [1.165, 1.54) is 18.9 Å². The standard InChI is InChI=1S/C14H20N2O2/c1-3-4-5-10-16(2)13-8-6-12(11-15-13)7-9-14(17)18/h6-9,11H,3-5,10H2,1-2H3,(H,17,18)/b9-7+. The molecule has 0 aliphatic heterocycles. The van der Waals surface area contributed by atoms with E-state index in [4.69, 9.17) is 5.11 Å². The zero-order chi connectivity index (χ0) is 13.4. The van der Waals surface area contributed by atoms with Crippen molar-refractivity contribution >= 4 is 17.9 Å². The van der Waals surface area contributed by atoms with Crippen LogP contribution in [-0.2, 0) is 4.79 Å². The van der Waals surface area contributed by atoms with Gasteiger partial charge in [-0.2, -0.15) is 0 Å². The molecule has 18 heavy (non-hydrogen) atoms. The first-order valence-electron chi connectivity index (χ1n) is 6.21. The second-order valence-electron chi connectivity index (χ2n) is 4.25. The van der Waals surface area contributed by atoms with Gasteiger partial charge in [-0.15, -0.1) is 0 Å². The summed E-state index contributed by atoms with van der Waals surface area (Å²) >= 11 is 0. The fraction of sp³-hybridized carbons (Fsp3) is 0.429. The van der Waals surface area contributed by atoms with Crippen molar-refractivity contribution in [2.45, 2.75) is 26.2 Å². The van der Waals surface area contributed by atoms with E-state index in [1.807, 2.05) is 19.2 Å². The lowest BCUT2D eigenvalue weighted by molar-refractivity contribution is -0.131. The summed E-state index contributed by atoms with van der Waals surface area (Å²) in [5, 5.41) is 8.52.